The fourth-order valence-electron chi connectivity index (χ4n) is 1.16. The van der Waals surface area contributed by atoms with Crippen LogP contribution in [0, 0.1) is 0 Å². The van der Waals surface area contributed by atoms with E-state index < -0.39 is 0 Å². The molecule has 2 heterocycles. The van der Waals surface area contributed by atoms with E-state index in [-0.39, 0.29) is 5.69 Å². The Labute approximate surface area is 95.1 Å². The number of nitrogens with two attached hydrogens (primary N) is 1. The van der Waals surface area contributed by atoms with Crippen LogP contribution in [-0.4, -0.2) is 24.7 Å². The molecule has 0 aromatic carbocycles. The van der Waals surface area contributed by atoms with E-state index in [0.29, 0.717) is 22.5 Å². The average molecular weight is 238 g/mol. The lowest BCUT2D eigenvalue weighted by molar-refractivity contribution is 0.660. The summed E-state index contributed by atoms with van der Waals surface area (Å²) >= 11 is 1.26. The van der Waals surface area contributed by atoms with Crippen molar-refractivity contribution in [1.82, 2.24) is 24.7 Å². The van der Waals surface area contributed by atoms with Gasteiger partial charge in [0.05, 0.1) is 0 Å². The monoisotopic (exact) mass is 238 g/mol. The molecule has 0 amide bonds. The summed E-state index contributed by atoms with van der Waals surface area (Å²) in [5, 5.41) is 7.50. The molecule has 0 aliphatic rings. The minimum absolute atomic E-state index is 0.230. The summed E-state index contributed by atoms with van der Waals surface area (Å²) in [4.78, 5) is 19.1. The van der Waals surface area contributed by atoms with Gasteiger partial charge in [0.15, 0.2) is 5.16 Å². The van der Waals surface area contributed by atoms with Gasteiger partial charge in [0, 0.05) is 12.6 Å². The van der Waals surface area contributed by atoms with Crippen LogP contribution in [0.4, 0.5) is 5.82 Å². The molecule has 2 aromatic rings. The third-order valence-electron chi connectivity index (χ3n) is 1.90. The molecule has 16 heavy (non-hydrogen) atoms. The van der Waals surface area contributed by atoms with Gasteiger partial charge in [-0.05, 0) is 18.7 Å². The van der Waals surface area contributed by atoms with Crippen molar-refractivity contribution in [3.05, 3.63) is 22.9 Å². The van der Waals surface area contributed by atoms with Crippen molar-refractivity contribution >= 4 is 17.6 Å². The average Bonchev–Trinajstić information content (AvgIpc) is 2.59. The summed E-state index contributed by atoms with van der Waals surface area (Å²) in [7, 11) is 0. The van der Waals surface area contributed by atoms with Crippen LogP contribution in [0.25, 0.3) is 0 Å². The number of aromatic nitrogens is 5. The fraction of sp³-hybridized carbons (Fsp3) is 0.250. The van der Waals surface area contributed by atoms with Crippen LogP contribution in [0.1, 0.15) is 6.92 Å². The zero-order valence-corrected chi connectivity index (χ0v) is 9.36. The molecule has 0 aliphatic carbocycles. The van der Waals surface area contributed by atoms with E-state index in [1.807, 2.05) is 6.92 Å². The summed E-state index contributed by atoms with van der Waals surface area (Å²) in [5.41, 5.74) is 5.30. The summed E-state index contributed by atoms with van der Waals surface area (Å²) < 4.78 is 1.52. The maximum Gasteiger partial charge on any atom is 0.343 e. The van der Waals surface area contributed by atoms with E-state index in [0.717, 1.165) is 0 Å². The van der Waals surface area contributed by atoms with Crippen LogP contribution in [0.2, 0.25) is 0 Å². The van der Waals surface area contributed by atoms with E-state index in [4.69, 9.17) is 5.73 Å². The molecular formula is C8H10N6OS. The van der Waals surface area contributed by atoms with Crippen molar-refractivity contribution in [2.45, 2.75) is 23.7 Å². The largest absolute Gasteiger partial charge is 0.384 e. The van der Waals surface area contributed by atoms with E-state index in [2.05, 4.69) is 20.2 Å². The quantitative estimate of drug-likeness (QED) is 0.736. The molecular weight excluding hydrogens is 228 g/mol. The predicted octanol–water partition coefficient (Wildman–Crippen LogP) is 0.115. The minimum Gasteiger partial charge on any atom is -0.384 e. The Morgan fingerprint density at radius 3 is 3.06 bits per heavy atom. The van der Waals surface area contributed by atoms with Gasteiger partial charge in [-0.25, -0.2) is 19.9 Å². The van der Waals surface area contributed by atoms with E-state index in [1.54, 1.807) is 6.07 Å². The van der Waals surface area contributed by atoms with Crippen LogP contribution in [0.15, 0.2) is 27.4 Å². The topological polar surface area (TPSA) is 102 Å². The van der Waals surface area contributed by atoms with Gasteiger partial charge in [0.2, 0.25) is 0 Å². The standard InChI is InChI=1S/C8H10N6OS/c1-2-14-7(15)12-13-8(14)16-6-3-5(9)10-4-11-6/h3-4H,2H2,1H3,(H,12,15)(H2,9,10,11). The molecule has 3 N–H and O–H groups in total. The van der Waals surface area contributed by atoms with Gasteiger partial charge in [-0.2, -0.15) is 0 Å². The number of aromatic amines is 1. The third-order valence-corrected chi connectivity index (χ3v) is 2.83. The van der Waals surface area contributed by atoms with Crippen LogP contribution < -0.4 is 11.4 Å². The highest BCUT2D eigenvalue weighted by Gasteiger charge is 2.09. The Balaban J connectivity index is 2.30. The first kappa shape index (κ1) is 10.7. The first-order chi connectivity index (χ1) is 7.70. The van der Waals surface area contributed by atoms with Crippen molar-refractivity contribution < 1.29 is 0 Å². The summed E-state index contributed by atoms with van der Waals surface area (Å²) in [6, 6.07) is 1.63. The number of hydrogen-bond donors (Lipinski definition) is 2. The van der Waals surface area contributed by atoms with Gasteiger partial charge in [0.1, 0.15) is 17.2 Å². The second-order valence-corrected chi connectivity index (χ2v) is 3.93. The molecule has 0 bridgehead atoms. The predicted molar refractivity (Wildman–Crippen MR) is 59.1 cm³/mol. The lowest BCUT2D eigenvalue weighted by atomic mass is 10.6. The van der Waals surface area contributed by atoms with Crippen LogP contribution in [-0.2, 0) is 6.54 Å². The van der Waals surface area contributed by atoms with Crippen LogP contribution in [0.3, 0.4) is 0 Å². The van der Waals surface area contributed by atoms with Crippen molar-refractivity contribution in [2.75, 3.05) is 5.73 Å². The molecule has 84 valence electrons. The summed E-state index contributed by atoms with van der Waals surface area (Å²) in [6.45, 7) is 2.42. The number of rotatable bonds is 3. The van der Waals surface area contributed by atoms with Gasteiger partial charge in [-0.1, -0.05) is 0 Å². The second-order valence-electron chi connectivity index (χ2n) is 2.94. The minimum atomic E-state index is -0.230. The van der Waals surface area contributed by atoms with Gasteiger partial charge in [-0.3, -0.25) is 4.57 Å². The zero-order valence-electron chi connectivity index (χ0n) is 8.54. The molecule has 8 heteroatoms. The Morgan fingerprint density at radius 2 is 2.38 bits per heavy atom. The molecule has 0 spiro atoms. The molecule has 0 fully saturated rings. The zero-order chi connectivity index (χ0) is 11.5. The second kappa shape index (κ2) is 4.35. The lowest BCUT2D eigenvalue weighted by Crippen LogP contribution is -2.16. The molecule has 7 nitrogen and oxygen atoms in total. The van der Waals surface area contributed by atoms with E-state index in [1.165, 1.54) is 22.7 Å². The van der Waals surface area contributed by atoms with E-state index >= 15 is 0 Å². The molecule has 2 rings (SSSR count). The number of nitrogens with one attached hydrogen (secondary N) is 1. The SMILES string of the molecule is CCn1c(Sc2cc(N)ncn2)n[nH]c1=O. The Hall–Kier alpha value is -1.83. The van der Waals surface area contributed by atoms with Crippen molar-refractivity contribution in [3.63, 3.8) is 0 Å². The Kier molecular flexibility index (Phi) is 2.91. The van der Waals surface area contributed by atoms with Gasteiger partial charge in [-0.15, -0.1) is 5.10 Å². The van der Waals surface area contributed by atoms with Crippen LogP contribution >= 0.6 is 11.8 Å². The Bertz CT molecular complexity index is 547. The third kappa shape index (κ3) is 2.06. The lowest BCUT2D eigenvalue weighted by Gasteiger charge is -2.01. The molecule has 0 saturated heterocycles. The molecule has 0 atom stereocenters. The highest BCUT2D eigenvalue weighted by atomic mass is 32.2. The normalized spacial score (nSPS) is 10.6. The molecule has 0 unspecified atom stereocenters. The molecule has 0 aliphatic heterocycles. The highest BCUT2D eigenvalue weighted by molar-refractivity contribution is 7.99. The smallest absolute Gasteiger partial charge is 0.343 e. The highest BCUT2D eigenvalue weighted by Crippen LogP contribution is 2.23. The number of nitrogen functional groups attached to an aromatic ring is 1. The van der Waals surface area contributed by atoms with Gasteiger partial charge in [0.25, 0.3) is 0 Å². The number of nitrogens with zero attached hydrogens (tertiary/aromatic N) is 4. The fourth-order valence-corrected chi connectivity index (χ4v) is 2.04. The maximum atomic E-state index is 11.3. The first-order valence-corrected chi connectivity index (χ1v) is 5.43. The van der Waals surface area contributed by atoms with Gasteiger partial charge >= 0.3 is 5.69 Å². The van der Waals surface area contributed by atoms with Crippen molar-refractivity contribution in [2.24, 2.45) is 0 Å². The number of anilines is 1. The first-order valence-electron chi connectivity index (χ1n) is 4.61. The Morgan fingerprint density at radius 1 is 1.56 bits per heavy atom. The molecule has 0 saturated carbocycles. The molecule has 2 aromatic heterocycles. The summed E-state index contributed by atoms with van der Waals surface area (Å²) in [5.74, 6) is 0.387. The molecule has 0 radical (unpaired) electrons. The maximum absolute atomic E-state index is 11.3. The van der Waals surface area contributed by atoms with Gasteiger partial charge < -0.3 is 5.73 Å². The van der Waals surface area contributed by atoms with E-state index in [9.17, 15) is 4.79 Å². The van der Waals surface area contributed by atoms with Crippen LogP contribution in [0.5, 0.6) is 0 Å². The summed E-state index contributed by atoms with van der Waals surface area (Å²) in [6.07, 6.45) is 1.37. The van der Waals surface area contributed by atoms with Crippen molar-refractivity contribution in [1.29, 1.82) is 0 Å². The number of hydrogen-bond acceptors (Lipinski definition) is 6. The number of H-pyrrole nitrogens is 1. The van der Waals surface area contributed by atoms with Crippen molar-refractivity contribution in [3.8, 4) is 0 Å².